The first-order valence-electron chi connectivity index (χ1n) is 4.88. The number of hydrogen-bond acceptors (Lipinski definition) is 1. The lowest BCUT2D eigenvalue weighted by molar-refractivity contribution is 0.112. The summed E-state index contributed by atoms with van der Waals surface area (Å²) in [5.74, 6) is 0.760. The van der Waals surface area contributed by atoms with E-state index in [0.29, 0.717) is 0 Å². The molecular weight excluding hydrogens is 136 g/mol. The summed E-state index contributed by atoms with van der Waals surface area (Å²) in [5, 5.41) is 0. The van der Waals surface area contributed by atoms with Gasteiger partial charge in [-0.25, -0.2) is 0 Å². The Kier molecular flexibility index (Phi) is 4.60. The molecular formula is C10H19O. The van der Waals surface area contributed by atoms with Gasteiger partial charge in [0.25, 0.3) is 0 Å². The van der Waals surface area contributed by atoms with Gasteiger partial charge in [-0.3, -0.25) is 0 Å². The van der Waals surface area contributed by atoms with Crippen LogP contribution in [0.2, 0.25) is 0 Å². The highest BCUT2D eigenvalue weighted by Gasteiger charge is 2.13. The summed E-state index contributed by atoms with van der Waals surface area (Å²) in [4.78, 5) is 0. The highest BCUT2D eigenvalue weighted by atomic mass is 16.5. The molecule has 0 bridgehead atoms. The van der Waals surface area contributed by atoms with Crippen LogP contribution in [-0.4, -0.2) is 6.61 Å². The number of ether oxygens (including phenoxy) is 1. The summed E-state index contributed by atoms with van der Waals surface area (Å²) in [7, 11) is 0. The van der Waals surface area contributed by atoms with Gasteiger partial charge in [0.1, 0.15) is 0 Å². The van der Waals surface area contributed by atoms with Crippen LogP contribution in [-0.2, 0) is 4.74 Å². The van der Waals surface area contributed by atoms with Gasteiger partial charge in [0.2, 0.25) is 0 Å². The lowest BCUT2D eigenvalue weighted by Crippen LogP contribution is -2.12. The molecule has 1 aliphatic rings. The molecule has 11 heavy (non-hydrogen) atoms. The fraction of sp³-hybridized carbons (Fsp3) is 0.900. The van der Waals surface area contributed by atoms with Gasteiger partial charge in [-0.1, -0.05) is 26.2 Å². The Balaban J connectivity index is 1.96. The van der Waals surface area contributed by atoms with Crippen molar-refractivity contribution in [2.24, 2.45) is 5.92 Å². The molecule has 1 heteroatoms. The third kappa shape index (κ3) is 3.76. The Morgan fingerprint density at radius 3 is 3.00 bits per heavy atom. The maximum absolute atomic E-state index is 5.29. The van der Waals surface area contributed by atoms with Crippen molar-refractivity contribution >= 4 is 0 Å². The molecule has 1 nitrogen and oxygen atoms in total. The van der Waals surface area contributed by atoms with E-state index in [9.17, 15) is 0 Å². The van der Waals surface area contributed by atoms with Crippen molar-refractivity contribution in [1.82, 2.24) is 0 Å². The first-order valence-corrected chi connectivity index (χ1v) is 4.88. The molecule has 0 aromatic carbocycles. The van der Waals surface area contributed by atoms with E-state index in [2.05, 4.69) is 13.5 Å². The van der Waals surface area contributed by atoms with E-state index >= 15 is 0 Å². The quantitative estimate of drug-likeness (QED) is 0.567. The Labute approximate surface area is 70.1 Å². The van der Waals surface area contributed by atoms with E-state index < -0.39 is 0 Å². The van der Waals surface area contributed by atoms with Crippen molar-refractivity contribution in [1.29, 1.82) is 0 Å². The van der Waals surface area contributed by atoms with Gasteiger partial charge in [-0.2, -0.15) is 0 Å². The summed E-state index contributed by atoms with van der Waals surface area (Å²) >= 11 is 0. The average Bonchev–Trinajstić information content (AvgIpc) is 2.07. The van der Waals surface area contributed by atoms with Crippen molar-refractivity contribution in [2.45, 2.75) is 45.4 Å². The molecule has 1 fully saturated rings. The third-order valence-corrected chi connectivity index (χ3v) is 2.30. The molecule has 1 heterocycles. The maximum atomic E-state index is 5.29. The highest BCUT2D eigenvalue weighted by molar-refractivity contribution is 4.71. The van der Waals surface area contributed by atoms with E-state index in [-0.39, 0.29) is 0 Å². The summed E-state index contributed by atoms with van der Waals surface area (Å²) < 4.78 is 5.29. The predicted molar refractivity (Wildman–Crippen MR) is 47.1 cm³/mol. The van der Waals surface area contributed by atoms with Crippen LogP contribution in [0.25, 0.3) is 0 Å². The van der Waals surface area contributed by atoms with Crippen LogP contribution in [0, 0.1) is 12.5 Å². The van der Waals surface area contributed by atoms with E-state index in [1.165, 1.54) is 38.5 Å². The van der Waals surface area contributed by atoms with Crippen LogP contribution in [0.1, 0.15) is 45.4 Å². The Hall–Kier alpha value is -0.0400. The third-order valence-electron chi connectivity index (χ3n) is 2.30. The van der Waals surface area contributed by atoms with E-state index in [1.54, 1.807) is 0 Å². The molecule has 1 aliphatic heterocycles. The zero-order chi connectivity index (χ0) is 7.94. The zero-order valence-electron chi connectivity index (χ0n) is 7.51. The average molecular weight is 155 g/mol. The topological polar surface area (TPSA) is 9.23 Å². The molecule has 0 aliphatic carbocycles. The predicted octanol–water partition coefficient (Wildman–Crippen LogP) is 3.16. The van der Waals surface area contributed by atoms with Crippen molar-refractivity contribution in [3.8, 4) is 0 Å². The SMILES string of the molecule is CCCCCC1[CH]OCCC1. The second kappa shape index (κ2) is 5.59. The Bertz CT molecular complexity index is 84.9. The normalized spacial score (nSPS) is 25.4. The first kappa shape index (κ1) is 9.05. The van der Waals surface area contributed by atoms with Crippen LogP contribution in [0.4, 0.5) is 0 Å². The van der Waals surface area contributed by atoms with Crippen LogP contribution in [0.3, 0.4) is 0 Å². The standard InChI is InChI=1S/C10H19O/c1-2-3-4-6-10-7-5-8-11-9-10/h9-10H,2-8H2,1H3. The molecule has 0 N–H and O–H groups in total. The van der Waals surface area contributed by atoms with E-state index in [4.69, 9.17) is 4.74 Å². The van der Waals surface area contributed by atoms with Crippen LogP contribution in [0.15, 0.2) is 0 Å². The van der Waals surface area contributed by atoms with Gasteiger partial charge in [0.05, 0.1) is 6.61 Å². The minimum absolute atomic E-state index is 0.760. The molecule has 1 atom stereocenters. The number of hydrogen-bond donors (Lipinski definition) is 0. The molecule has 1 radical (unpaired) electrons. The molecule has 0 aromatic rings. The second-order valence-corrected chi connectivity index (χ2v) is 3.40. The molecule has 0 aromatic heterocycles. The van der Waals surface area contributed by atoms with Gasteiger partial charge < -0.3 is 4.74 Å². The lowest BCUT2D eigenvalue weighted by atomic mass is 9.96. The van der Waals surface area contributed by atoms with Crippen LogP contribution >= 0.6 is 0 Å². The van der Waals surface area contributed by atoms with Crippen LogP contribution in [0.5, 0.6) is 0 Å². The Morgan fingerprint density at radius 1 is 1.45 bits per heavy atom. The number of rotatable bonds is 4. The van der Waals surface area contributed by atoms with Crippen molar-refractivity contribution in [2.75, 3.05) is 6.61 Å². The van der Waals surface area contributed by atoms with E-state index in [0.717, 1.165) is 12.5 Å². The molecule has 1 unspecified atom stereocenters. The fourth-order valence-electron chi connectivity index (χ4n) is 1.57. The van der Waals surface area contributed by atoms with Crippen LogP contribution < -0.4 is 0 Å². The largest absolute Gasteiger partial charge is 0.375 e. The molecule has 1 saturated heterocycles. The fourth-order valence-corrected chi connectivity index (χ4v) is 1.57. The van der Waals surface area contributed by atoms with Crippen molar-refractivity contribution in [3.63, 3.8) is 0 Å². The molecule has 0 spiro atoms. The maximum Gasteiger partial charge on any atom is 0.0867 e. The summed E-state index contributed by atoms with van der Waals surface area (Å²) in [6.07, 6.45) is 8.03. The molecule has 65 valence electrons. The molecule has 1 rings (SSSR count). The van der Waals surface area contributed by atoms with E-state index in [1.807, 2.05) is 0 Å². The molecule has 0 amide bonds. The van der Waals surface area contributed by atoms with Gasteiger partial charge in [-0.05, 0) is 25.2 Å². The Morgan fingerprint density at radius 2 is 2.36 bits per heavy atom. The smallest absolute Gasteiger partial charge is 0.0867 e. The minimum Gasteiger partial charge on any atom is -0.375 e. The monoisotopic (exact) mass is 155 g/mol. The summed E-state index contributed by atoms with van der Waals surface area (Å²) in [5.41, 5.74) is 0. The highest BCUT2D eigenvalue weighted by Crippen LogP contribution is 2.22. The second-order valence-electron chi connectivity index (χ2n) is 3.40. The van der Waals surface area contributed by atoms with Gasteiger partial charge in [0.15, 0.2) is 0 Å². The number of unbranched alkanes of at least 4 members (excludes halogenated alkanes) is 2. The van der Waals surface area contributed by atoms with Crippen molar-refractivity contribution < 1.29 is 4.74 Å². The first-order chi connectivity index (χ1) is 5.43. The summed E-state index contributed by atoms with van der Waals surface area (Å²) in [6, 6.07) is 0. The van der Waals surface area contributed by atoms with Crippen molar-refractivity contribution in [3.05, 3.63) is 6.61 Å². The minimum atomic E-state index is 0.760. The molecule has 0 saturated carbocycles. The van der Waals surface area contributed by atoms with Gasteiger partial charge >= 0.3 is 0 Å². The summed E-state index contributed by atoms with van der Waals surface area (Å²) in [6.45, 7) is 5.25. The zero-order valence-corrected chi connectivity index (χ0v) is 7.51. The lowest BCUT2D eigenvalue weighted by Gasteiger charge is -2.20. The van der Waals surface area contributed by atoms with Gasteiger partial charge in [-0.15, -0.1) is 0 Å². The van der Waals surface area contributed by atoms with Gasteiger partial charge in [0, 0.05) is 6.61 Å².